The molecule has 0 bridgehead atoms. The molecule has 0 heterocycles. The third kappa shape index (κ3) is 8.36. The number of nitrogen functional groups attached to an aromatic ring is 1. The zero-order valence-electron chi connectivity index (χ0n) is 14.7. The van der Waals surface area contributed by atoms with Gasteiger partial charge in [-0.3, -0.25) is 0 Å². The number of sulfonamides is 1. The van der Waals surface area contributed by atoms with Crippen molar-refractivity contribution in [2.75, 3.05) is 12.3 Å². The number of unbranched alkanes of at least 4 members (excludes halogenated alkanes) is 9. The Labute approximate surface area is 152 Å². The highest BCUT2D eigenvalue weighted by Crippen LogP contribution is 2.22. The van der Waals surface area contributed by atoms with Gasteiger partial charge in [-0.05, 0) is 24.6 Å². The van der Waals surface area contributed by atoms with E-state index in [1.165, 1.54) is 69.6 Å². The van der Waals surface area contributed by atoms with Crippen LogP contribution in [0.5, 0.6) is 0 Å². The lowest BCUT2D eigenvalue weighted by Crippen LogP contribution is -2.24. The Morgan fingerprint density at radius 1 is 0.958 bits per heavy atom. The van der Waals surface area contributed by atoms with Gasteiger partial charge in [0.05, 0.1) is 15.6 Å². The lowest BCUT2D eigenvalue weighted by Gasteiger charge is -2.08. The molecular weight excluding hydrogens is 344 g/mol. The lowest BCUT2D eigenvalue weighted by molar-refractivity contribution is 0.549. The molecule has 0 atom stereocenters. The number of nitrogens with two attached hydrogens (primary N) is 1. The van der Waals surface area contributed by atoms with Gasteiger partial charge in [0.25, 0.3) is 0 Å². The predicted octanol–water partition coefficient (Wildman–Crippen LogP) is 5.12. The molecule has 0 fully saturated rings. The molecule has 0 unspecified atom stereocenters. The van der Waals surface area contributed by atoms with Gasteiger partial charge in [0.1, 0.15) is 0 Å². The van der Waals surface area contributed by atoms with E-state index in [-0.39, 0.29) is 10.6 Å². The zero-order valence-corrected chi connectivity index (χ0v) is 16.3. The first kappa shape index (κ1) is 21.3. The second-order valence-electron chi connectivity index (χ2n) is 6.26. The van der Waals surface area contributed by atoms with Crippen molar-refractivity contribution in [2.24, 2.45) is 0 Å². The quantitative estimate of drug-likeness (QED) is 0.371. The topological polar surface area (TPSA) is 72.2 Å². The van der Waals surface area contributed by atoms with Gasteiger partial charge in [0, 0.05) is 6.54 Å². The first-order valence-corrected chi connectivity index (χ1v) is 10.9. The van der Waals surface area contributed by atoms with Crippen LogP contribution in [0.2, 0.25) is 5.02 Å². The Bertz CT molecular complexity index is 576. The molecule has 1 aromatic carbocycles. The van der Waals surface area contributed by atoms with E-state index < -0.39 is 10.0 Å². The SMILES string of the molecule is CCCCCCCCCCCCNS(=O)(=O)c1ccc(Cl)c(N)c1. The molecule has 3 N–H and O–H groups in total. The largest absolute Gasteiger partial charge is 0.397 e. The summed E-state index contributed by atoms with van der Waals surface area (Å²) in [6, 6.07) is 4.37. The van der Waals surface area contributed by atoms with Crippen LogP contribution >= 0.6 is 11.6 Å². The highest BCUT2D eigenvalue weighted by molar-refractivity contribution is 7.89. The molecule has 1 rings (SSSR count). The molecule has 0 aliphatic heterocycles. The summed E-state index contributed by atoms with van der Waals surface area (Å²) in [5.74, 6) is 0. The van der Waals surface area contributed by atoms with Gasteiger partial charge in [-0.1, -0.05) is 76.3 Å². The third-order valence-electron chi connectivity index (χ3n) is 4.10. The van der Waals surface area contributed by atoms with Gasteiger partial charge < -0.3 is 5.73 Å². The number of rotatable bonds is 13. The molecule has 0 saturated carbocycles. The molecule has 24 heavy (non-hydrogen) atoms. The molecular formula is C18H31ClN2O2S. The van der Waals surface area contributed by atoms with Crippen molar-refractivity contribution in [2.45, 2.75) is 76.0 Å². The number of nitrogens with one attached hydrogen (secondary N) is 1. The van der Waals surface area contributed by atoms with E-state index in [1.54, 1.807) is 0 Å². The molecule has 138 valence electrons. The number of anilines is 1. The summed E-state index contributed by atoms with van der Waals surface area (Å²) in [5.41, 5.74) is 5.93. The number of benzene rings is 1. The maximum Gasteiger partial charge on any atom is 0.240 e. The molecule has 1 aromatic rings. The van der Waals surface area contributed by atoms with Crippen LogP contribution in [-0.2, 0) is 10.0 Å². The summed E-state index contributed by atoms with van der Waals surface area (Å²) in [5, 5.41) is 0.364. The standard InChI is InChI=1S/C18H31ClN2O2S/c1-2-3-4-5-6-7-8-9-10-11-14-21-24(22,23)16-12-13-17(19)18(20)15-16/h12-13,15,21H,2-11,14,20H2,1H3. The minimum absolute atomic E-state index is 0.163. The van der Waals surface area contributed by atoms with Gasteiger partial charge in [-0.15, -0.1) is 0 Å². The maximum absolute atomic E-state index is 12.1. The molecule has 0 radical (unpaired) electrons. The summed E-state index contributed by atoms with van der Waals surface area (Å²) in [6.45, 7) is 2.69. The second kappa shape index (κ2) is 11.7. The fourth-order valence-electron chi connectivity index (χ4n) is 2.59. The van der Waals surface area contributed by atoms with Crippen molar-refractivity contribution < 1.29 is 8.42 Å². The minimum atomic E-state index is -3.50. The van der Waals surface area contributed by atoms with Crippen LogP contribution in [0, 0.1) is 0 Å². The van der Waals surface area contributed by atoms with Gasteiger partial charge in [0.15, 0.2) is 0 Å². The lowest BCUT2D eigenvalue weighted by atomic mass is 10.1. The van der Waals surface area contributed by atoms with Crippen molar-refractivity contribution in [3.63, 3.8) is 0 Å². The Kier molecular flexibility index (Phi) is 10.4. The van der Waals surface area contributed by atoms with Crippen LogP contribution in [-0.4, -0.2) is 15.0 Å². The highest BCUT2D eigenvalue weighted by Gasteiger charge is 2.14. The van der Waals surface area contributed by atoms with Crippen molar-refractivity contribution in [3.05, 3.63) is 23.2 Å². The summed E-state index contributed by atoms with van der Waals surface area (Å²) >= 11 is 5.81. The van der Waals surface area contributed by atoms with E-state index in [1.807, 2.05) is 0 Å². The second-order valence-corrected chi connectivity index (χ2v) is 8.44. The first-order chi connectivity index (χ1) is 11.5. The number of hydrogen-bond donors (Lipinski definition) is 2. The molecule has 0 aliphatic rings. The summed E-state index contributed by atoms with van der Waals surface area (Å²) in [7, 11) is -3.50. The van der Waals surface area contributed by atoms with Crippen molar-refractivity contribution in [3.8, 4) is 0 Å². The zero-order chi connectivity index (χ0) is 17.8. The van der Waals surface area contributed by atoms with Crippen LogP contribution in [0.15, 0.2) is 23.1 Å². The fraction of sp³-hybridized carbons (Fsp3) is 0.667. The normalized spacial score (nSPS) is 11.8. The van der Waals surface area contributed by atoms with E-state index in [0.717, 1.165) is 12.8 Å². The summed E-state index contributed by atoms with van der Waals surface area (Å²) in [6.07, 6.45) is 12.3. The molecule has 0 saturated heterocycles. The molecule has 0 amide bonds. The Balaban J connectivity index is 2.13. The van der Waals surface area contributed by atoms with E-state index in [0.29, 0.717) is 11.6 Å². The number of halogens is 1. The van der Waals surface area contributed by atoms with Crippen LogP contribution < -0.4 is 10.5 Å². The smallest absolute Gasteiger partial charge is 0.240 e. The molecule has 4 nitrogen and oxygen atoms in total. The minimum Gasteiger partial charge on any atom is -0.397 e. The van der Waals surface area contributed by atoms with Crippen LogP contribution in [0.4, 0.5) is 5.69 Å². The van der Waals surface area contributed by atoms with Gasteiger partial charge in [-0.25, -0.2) is 13.1 Å². The Morgan fingerprint density at radius 3 is 2.04 bits per heavy atom. The molecule has 6 heteroatoms. The van der Waals surface area contributed by atoms with Crippen molar-refractivity contribution >= 4 is 27.3 Å². The highest BCUT2D eigenvalue weighted by atomic mass is 35.5. The monoisotopic (exact) mass is 374 g/mol. The average molecular weight is 375 g/mol. The predicted molar refractivity (Wildman–Crippen MR) is 103 cm³/mol. The van der Waals surface area contributed by atoms with Crippen molar-refractivity contribution in [1.29, 1.82) is 0 Å². The molecule has 0 spiro atoms. The van der Waals surface area contributed by atoms with Gasteiger partial charge >= 0.3 is 0 Å². The van der Waals surface area contributed by atoms with Crippen LogP contribution in [0.1, 0.15) is 71.1 Å². The van der Waals surface area contributed by atoms with Gasteiger partial charge in [-0.2, -0.15) is 0 Å². The van der Waals surface area contributed by atoms with Crippen molar-refractivity contribution in [1.82, 2.24) is 4.72 Å². The van der Waals surface area contributed by atoms with Gasteiger partial charge in [0.2, 0.25) is 10.0 Å². The molecule has 0 aromatic heterocycles. The fourth-order valence-corrected chi connectivity index (χ4v) is 3.82. The number of hydrogen-bond acceptors (Lipinski definition) is 3. The van der Waals surface area contributed by atoms with E-state index in [9.17, 15) is 8.42 Å². The maximum atomic E-state index is 12.1. The van der Waals surface area contributed by atoms with Crippen LogP contribution in [0.3, 0.4) is 0 Å². The first-order valence-electron chi connectivity index (χ1n) is 9.02. The van der Waals surface area contributed by atoms with Crippen LogP contribution in [0.25, 0.3) is 0 Å². The third-order valence-corrected chi connectivity index (χ3v) is 5.90. The average Bonchev–Trinajstić information content (AvgIpc) is 2.55. The van der Waals surface area contributed by atoms with E-state index in [2.05, 4.69) is 11.6 Å². The Morgan fingerprint density at radius 2 is 1.50 bits per heavy atom. The molecule has 0 aliphatic carbocycles. The summed E-state index contributed by atoms with van der Waals surface area (Å²) < 4.78 is 26.9. The Hall–Kier alpha value is -0.780. The van der Waals surface area contributed by atoms with E-state index in [4.69, 9.17) is 17.3 Å². The van der Waals surface area contributed by atoms with E-state index >= 15 is 0 Å². The summed E-state index contributed by atoms with van der Waals surface area (Å²) in [4.78, 5) is 0.163.